The number of hydrogen-bond donors (Lipinski definition) is 2. The summed E-state index contributed by atoms with van der Waals surface area (Å²) in [5, 5.41) is 6.14. The number of guanidine groups is 1. The van der Waals surface area contributed by atoms with Crippen LogP contribution in [0.5, 0.6) is 0 Å². The van der Waals surface area contributed by atoms with Gasteiger partial charge in [0.05, 0.1) is 0 Å². The average Bonchev–Trinajstić information content (AvgIpc) is 2.14. The highest BCUT2D eigenvalue weighted by Crippen LogP contribution is 2.21. The van der Waals surface area contributed by atoms with Gasteiger partial charge in [-0.25, -0.2) is 0 Å². The summed E-state index contributed by atoms with van der Waals surface area (Å²) in [6.07, 6.45) is -4.19. The summed E-state index contributed by atoms with van der Waals surface area (Å²) in [5.41, 5.74) is 0. The molecule has 2 N–H and O–H groups in total. The van der Waals surface area contributed by atoms with Crippen LogP contribution in [0.4, 0.5) is 13.2 Å². The number of rotatable bonds is 6. The Morgan fingerprint density at radius 3 is 2.35 bits per heavy atom. The van der Waals surface area contributed by atoms with Crippen molar-refractivity contribution in [2.75, 3.05) is 13.1 Å². The fourth-order valence-corrected chi connectivity index (χ4v) is 1.22. The zero-order valence-corrected chi connectivity index (χ0v) is 10.7. The van der Waals surface area contributed by atoms with Crippen molar-refractivity contribution >= 4 is 5.96 Å². The van der Waals surface area contributed by atoms with Crippen molar-refractivity contribution < 1.29 is 13.2 Å². The van der Waals surface area contributed by atoms with Crippen molar-refractivity contribution in [2.45, 2.75) is 52.3 Å². The fourth-order valence-electron chi connectivity index (χ4n) is 1.22. The molecule has 102 valence electrons. The van der Waals surface area contributed by atoms with Gasteiger partial charge in [0, 0.05) is 25.6 Å². The van der Waals surface area contributed by atoms with E-state index in [0.717, 1.165) is 6.54 Å². The second-order valence-corrected chi connectivity index (χ2v) is 4.13. The van der Waals surface area contributed by atoms with E-state index in [1.807, 2.05) is 20.8 Å². The summed E-state index contributed by atoms with van der Waals surface area (Å²) in [5.74, 6) is 0.662. The van der Waals surface area contributed by atoms with Crippen LogP contribution in [0.15, 0.2) is 4.99 Å². The molecule has 0 aliphatic rings. The maximum Gasteiger partial charge on any atom is 0.389 e. The lowest BCUT2D eigenvalue weighted by atomic mass is 10.2. The molecule has 0 atom stereocenters. The molecule has 0 unspecified atom stereocenters. The van der Waals surface area contributed by atoms with E-state index in [1.54, 1.807) is 0 Å². The van der Waals surface area contributed by atoms with Crippen LogP contribution in [0, 0.1) is 0 Å². The maximum atomic E-state index is 11.9. The van der Waals surface area contributed by atoms with Crippen molar-refractivity contribution in [1.82, 2.24) is 10.6 Å². The lowest BCUT2D eigenvalue weighted by molar-refractivity contribution is -0.135. The molecule has 0 aromatic carbocycles. The predicted molar refractivity (Wildman–Crippen MR) is 64.2 cm³/mol. The van der Waals surface area contributed by atoms with Gasteiger partial charge in [-0.2, -0.15) is 13.2 Å². The second-order valence-electron chi connectivity index (χ2n) is 4.13. The van der Waals surface area contributed by atoms with E-state index in [-0.39, 0.29) is 12.5 Å². The highest BCUT2D eigenvalue weighted by atomic mass is 19.4. The van der Waals surface area contributed by atoms with Crippen LogP contribution in [0.2, 0.25) is 0 Å². The molecule has 0 saturated heterocycles. The molecule has 0 aliphatic carbocycles. The summed E-state index contributed by atoms with van der Waals surface area (Å²) in [4.78, 5) is 4.20. The molecule has 0 saturated carbocycles. The van der Waals surface area contributed by atoms with Gasteiger partial charge in [0.15, 0.2) is 5.96 Å². The van der Waals surface area contributed by atoms with Gasteiger partial charge in [-0.15, -0.1) is 0 Å². The third-order valence-electron chi connectivity index (χ3n) is 1.91. The lowest BCUT2D eigenvalue weighted by Crippen LogP contribution is -2.41. The Balaban J connectivity index is 3.84. The lowest BCUT2D eigenvalue weighted by Gasteiger charge is -2.13. The molecule has 0 aromatic rings. The Morgan fingerprint density at radius 2 is 1.88 bits per heavy atom. The Labute approximate surface area is 101 Å². The highest BCUT2D eigenvalue weighted by Gasteiger charge is 2.25. The van der Waals surface area contributed by atoms with Gasteiger partial charge in [-0.05, 0) is 33.6 Å². The van der Waals surface area contributed by atoms with Crippen LogP contribution in [-0.2, 0) is 0 Å². The smallest absolute Gasteiger partial charge is 0.357 e. The monoisotopic (exact) mass is 253 g/mol. The molecule has 0 radical (unpaired) electrons. The number of alkyl halides is 3. The van der Waals surface area contributed by atoms with Gasteiger partial charge in [0.25, 0.3) is 0 Å². The number of halogens is 3. The van der Waals surface area contributed by atoms with Gasteiger partial charge in [-0.3, -0.25) is 4.99 Å². The van der Waals surface area contributed by atoms with Crippen LogP contribution in [0.1, 0.15) is 40.0 Å². The van der Waals surface area contributed by atoms with Crippen molar-refractivity contribution in [3.05, 3.63) is 0 Å². The molecule has 17 heavy (non-hydrogen) atoms. The average molecular weight is 253 g/mol. The maximum absolute atomic E-state index is 11.9. The molecular weight excluding hydrogens is 231 g/mol. The first kappa shape index (κ1) is 16.1. The van der Waals surface area contributed by atoms with E-state index in [2.05, 4.69) is 15.6 Å². The molecule has 0 fully saturated rings. The van der Waals surface area contributed by atoms with Crippen molar-refractivity contribution in [3.8, 4) is 0 Å². The van der Waals surface area contributed by atoms with Gasteiger partial charge < -0.3 is 10.6 Å². The fraction of sp³-hybridized carbons (Fsp3) is 0.909. The minimum atomic E-state index is -4.05. The number of nitrogens with zero attached hydrogens (tertiary/aromatic N) is 1. The van der Waals surface area contributed by atoms with Crippen LogP contribution >= 0.6 is 0 Å². The summed E-state index contributed by atoms with van der Waals surface area (Å²) < 4.78 is 35.6. The molecule has 0 heterocycles. The zero-order chi connectivity index (χ0) is 13.3. The number of aliphatic imine (C=N–C) groups is 1. The quantitative estimate of drug-likeness (QED) is 0.434. The minimum Gasteiger partial charge on any atom is -0.357 e. The van der Waals surface area contributed by atoms with E-state index in [9.17, 15) is 13.2 Å². The van der Waals surface area contributed by atoms with Crippen molar-refractivity contribution in [2.24, 2.45) is 4.99 Å². The molecule has 0 aromatic heterocycles. The third kappa shape index (κ3) is 11.3. The van der Waals surface area contributed by atoms with E-state index in [1.165, 1.54) is 0 Å². The molecule has 0 rings (SSSR count). The van der Waals surface area contributed by atoms with Crippen LogP contribution in [0.3, 0.4) is 0 Å². The molecule has 0 bridgehead atoms. The molecule has 6 heteroatoms. The van der Waals surface area contributed by atoms with E-state index < -0.39 is 12.6 Å². The van der Waals surface area contributed by atoms with Gasteiger partial charge in [-0.1, -0.05) is 0 Å². The number of hydrogen-bond acceptors (Lipinski definition) is 1. The highest BCUT2D eigenvalue weighted by molar-refractivity contribution is 5.79. The van der Waals surface area contributed by atoms with E-state index in [4.69, 9.17) is 0 Å². The molecule has 0 spiro atoms. The van der Waals surface area contributed by atoms with Crippen LogP contribution < -0.4 is 10.6 Å². The first-order chi connectivity index (χ1) is 7.85. The van der Waals surface area contributed by atoms with Gasteiger partial charge in [0.1, 0.15) is 0 Å². The van der Waals surface area contributed by atoms with Crippen LogP contribution in [-0.4, -0.2) is 31.3 Å². The third-order valence-corrected chi connectivity index (χ3v) is 1.91. The SMILES string of the molecule is CCNC(=NCCCCC(F)(F)F)NC(C)C. The first-order valence-corrected chi connectivity index (χ1v) is 5.96. The van der Waals surface area contributed by atoms with E-state index in [0.29, 0.717) is 18.9 Å². The summed E-state index contributed by atoms with van der Waals surface area (Å²) >= 11 is 0. The Bertz CT molecular complexity index is 224. The molecule has 0 amide bonds. The summed E-state index contributed by atoms with van der Waals surface area (Å²) in [6.45, 7) is 7.06. The zero-order valence-electron chi connectivity index (χ0n) is 10.7. The normalized spacial score (nSPS) is 13.0. The second kappa shape index (κ2) is 8.20. The topological polar surface area (TPSA) is 36.4 Å². The molecule has 0 aliphatic heterocycles. The van der Waals surface area contributed by atoms with Gasteiger partial charge in [0.2, 0.25) is 0 Å². The van der Waals surface area contributed by atoms with E-state index >= 15 is 0 Å². The molecular formula is C11H22F3N3. The minimum absolute atomic E-state index is 0.133. The van der Waals surface area contributed by atoms with Crippen molar-refractivity contribution in [1.29, 1.82) is 0 Å². The number of unbranched alkanes of at least 4 members (excludes halogenated alkanes) is 1. The Kier molecular flexibility index (Phi) is 7.74. The van der Waals surface area contributed by atoms with Crippen LogP contribution in [0.25, 0.3) is 0 Å². The van der Waals surface area contributed by atoms with Crippen molar-refractivity contribution in [3.63, 3.8) is 0 Å². The Hall–Kier alpha value is -0.940. The first-order valence-electron chi connectivity index (χ1n) is 5.96. The largest absolute Gasteiger partial charge is 0.389 e. The Morgan fingerprint density at radius 1 is 1.24 bits per heavy atom. The molecule has 3 nitrogen and oxygen atoms in total. The summed E-state index contributed by atoms with van der Waals surface area (Å²) in [6, 6.07) is 0.253. The predicted octanol–water partition coefficient (Wildman–Crippen LogP) is 2.68. The van der Waals surface area contributed by atoms with Gasteiger partial charge >= 0.3 is 6.18 Å². The number of nitrogens with one attached hydrogen (secondary N) is 2. The summed E-state index contributed by atoms with van der Waals surface area (Å²) in [7, 11) is 0. The standard InChI is InChI=1S/C11H22F3N3/c1-4-15-10(17-9(2)3)16-8-6-5-7-11(12,13)14/h9H,4-8H2,1-3H3,(H2,15,16,17).